The van der Waals surface area contributed by atoms with E-state index in [0.29, 0.717) is 17.1 Å². The molecule has 4 aromatic rings. The first-order chi connectivity index (χ1) is 14.5. The summed E-state index contributed by atoms with van der Waals surface area (Å²) in [5, 5.41) is 15.2. The number of carbonyl (C=O) groups excluding carboxylic acids is 1. The molecule has 3 heterocycles. The molecule has 0 saturated heterocycles. The number of nitrogens with zero attached hydrogens (tertiary/aromatic N) is 4. The Hall–Kier alpha value is -3.22. The molecule has 0 radical (unpaired) electrons. The van der Waals surface area contributed by atoms with Gasteiger partial charge in [0.25, 0.3) is 0 Å². The van der Waals surface area contributed by atoms with Gasteiger partial charge in [0, 0.05) is 11.4 Å². The largest absolute Gasteiger partial charge is 0.310 e. The molecule has 4 rings (SSSR count). The molecule has 0 unspecified atom stereocenters. The van der Waals surface area contributed by atoms with Crippen molar-refractivity contribution in [1.29, 1.82) is 5.26 Å². The van der Waals surface area contributed by atoms with Crippen LogP contribution in [0.5, 0.6) is 0 Å². The highest BCUT2D eigenvalue weighted by Gasteiger charge is 2.21. The van der Waals surface area contributed by atoms with Gasteiger partial charge in [-0.05, 0) is 55.1 Å². The zero-order valence-corrected chi connectivity index (χ0v) is 17.8. The topological polar surface area (TPSA) is 83.6 Å². The lowest BCUT2D eigenvalue weighted by atomic mass is 10.2. The lowest BCUT2D eigenvalue weighted by Gasteiger charge is -2.13. The van der Waals surface area contributed by atoms with Crippen LogP contribution in [-0.2, 0) is 4.79 Å². The van der Waals surface area contributed by atoms with Gasteiger partial charge in [0.2, 0.25) is 5.91 Å². The molecule has 1 amide bonds. The lowest BCUT2D eigenvalue weighted by Crippen LogP contribution is -2.17. The molecule has 6 nitrogen and oxygen atoms in total. The van der Waals surface area contributed by atoms with E-state index in [1.54, 1.807) is 16.7 Å². The zero-order chi connectivity index (χ0) is 21.3. The van der Waals surface area contributed by atoms with E-state index < -0.39 is 0 Å². The second-order valence-electron chi connectivity index (χ2n) is 6.51. The number of benzene rings is 1. The smallest absolute Gasteiger partial charge is 0.235 e. The average molecular weight is 438 g/mol. The first-order valence-electron chi connectivity index (χ1n) is 8.98. The van der Waals surface area contributed by atoms with Crippen molar-refractivity contribution in [3.05, 3.63) is 64.7 Å². The second-order valence-corrected chi connectivity index (χ2v) is 8.39. The molecule has 0 spiro atoms. The van der Waals surface area contributed by atoms with Gasteiger partial charge < -0.3 is 5.32 Å². The first-order valence-corrected chi connectivity index (χ1v) is 10.8. The van der Waals surface area contributed by atoms with Crippen LogP contribution in [0.4, 0.5) is 10.2 Å². The lowest BCUT2D eigenvalue weighted by molar-refractivity contribution is -0.113. The minimum absolute atomic E-state index is 0.127. The number of anilines is 1. The van der Waals surface area contributed by atoms with Crippen molar-refractivity contribution < 1.29 is 9.18 Å². The number of carbonyl (C=O) groups is 1. The van der Waals surface area contributed by atoms with E-state index in [2.05, 4.69) is 21.4 Å². The number of nitrogens with one attached hydrogen (secondary N) is 1. The molecule has 0 bridgehead atoms. The fourth-order valence-corrected chi connectivity index (χ4v) is 4.89. The summed E-state index contributed by atoms with van der Waals surface area (Å²) in [6, 6.07) is 10.00. The summed E-state index contributed by atoms with van der Waals surface area (Å²) >= 11 is 2.84. The number of fused-ring (bicyclic) bond motifs is 1. The fraction of sp³-hybridized carbons (Fsp3) is 0.143. The van der Waals surface area contributed by atoms with Gasteiger partial charge in [0.05, 0.1) is 21.5 Å². The Bertz CT molecular complexity index is 1290. The maximum absolute atomic E-state index is 13.4. The maximum Gasteiger partial charge on any atom is 0.235 e. The number of hydrogen-bond donors (Lipinski definition) is 1. The Morgan fingerprint density at radius 2 is 2.03 bits per heavy atom. The third-order valence-corrected chi connectivity index (χ3v) is 6.75. The van der Waals surface area contributed by atoms with Crippen molar-refractivity contribution in [1.82, 2.24) is 14.5 Å². The molecule has 30 heavy (non-hydrogen) atoms. The quantitative estimate of drug-likeness (QED) is 0.357. The van der Waals surface area contributed by atoms with Gasteiger partial charge in [-0.1, -0.05) is 11.8 Å². The zero-order valence-electron chi connectivity index (χ0n) is 16.1. The molecule has 3 aromatic heterocycles. The standard InChI is InChI=1S/C21H16FN5OS2/c1-12-13(2)27(15-5-3-14(22)4-6-15)20(16(12)9-23)26-18(28)10-30-21-19-17(7-8-29-19)24-11-25-21/h3-8,11H,10H2,1-2H3,(H,26,28). The molecule has 1 aromatic carbocycles. The van der Waals surface area contributed by atoms with Crippen LogP contribution in [0, 0.1) is 31.0 Å². The van der Waals surface area contributed by atoms with Crippen LogP contribution in [0.2, 0.25) is 0 Å². The van der Waals surface area contributed by atoms with E-state index in [-0.39, 0.29) is 17.5 Å². The van der Waals surface area contributed by atoms with E-state index >= 15 is 0 Å². The van der Waals surface area contributed by atoms with Gasteiger partial charge in [-0.25, -0.2) is 14.4 Å². The van der Waals surface area contributed by atoms with Gasteiger partial charge in [-0.3, -0.25) is 9.36 Å². The molecular weight excluding hydrogens is 421 g/mol. The predicted molar refractivity (Wildman–Crippen MR) is 117 cm³/mol. The number of nitriles is 1. The molecule has 0 aliphatic heterocycles. The average Bonchev–Trinajstić information content (AvgIpc) is 3.31. The van der Waals surface area contributed by atoms with Gasteiger partial charge in [-0.2, -0.15) is 5.26 Å². The van der Waals surface area contributed by atoms with E-state index in [9.17, 15) is 14.4 Å². The van der Waals surface area contributed by atoms with Gasteiger partial charge in [0.15, 0.2) is 0 Å². The Morgan fingerprint density at radius 3 is 2.77 bits per heavy atom. The van der Waals surface area contributed by atoms with Crippen molar-refractivity contribution in [2.45, 2.75) is 18.9 Å². The molecule has 0 aliphatic rings. The van der Waals surface area contributed by atoms with Crippen molar-refractivity contribution in [3.63, 3.8) is 0 Å². The van der Waals surface area contributed by atoms with E-state index in [4.69, 9.17) is 0 Å². The normalized spacial score (nSPS) is 10.9. The van der Waals surface area contributed by atoms with Gasteiger partial charge >= 0.3 is 0 Å². The van der Waals surface area contributed by atoms with Crippen LogP contribution in [0.3, 0.4) is 0 Å². The first kappa shape index (κ1) is 20.1. The van der Waals surface area contributed by atoms with E-state index in [1.807, 2.05) is 25.3 Å². The van der Waals surface area contributed by atoms with Crippen LogP contribution in [0.1, 0.15) is 16.8 Å². The highest BCUT2D eigenvalue weighted by atomic mass is 32.2. The van der Waals surface area contributed by atoms with E-state index in [0.717, 1.165) is 26.5 Å². The highest BCUT2D eigenvalue weighted by Crippen LogP contribution is 2.31. The van der Waals surface area contributed by atoms with Crippen molar-refractivity contribution in [2.75, 3.05) is 11.1 Å². The number of hydrogen-bond acceptors (Lipinski definition) is 6. The van der Waals surface area contributed by atoms with E-state index in [1.165, 1.54) is 41.6 Å². The fourth-order valence-electron chi connectivity index (χ4n) is 3.15. The minimum atomic E-state index is -0.354. The van der Waals surface area contributed by atoms with Crippen molar-refractivity contribution in [2.24, 2.45) is 0 Å². The molecule has 1 N–H and O–H groups in total. The maximum atomic E-state index is 13.4. The summed E-state index contributed by atoms with van der Waals surface area (Å²) in [6.07, 6.45) is 1.48. The monoisotopic (exact) mass is 437 g/mol. The summed E-state index contributed by atoms with van der Waals surface area (Å²) in [5.41, 5.74) is 3.47. The Balaban J connectivity index is 1.61. The molecule has 0 saturated carbocycles. The SMILES string of the molecule is Cc1c(C#N)c(NC(=O)CSc2ncnc3ccsc23)n(-c2ccc(F)cc2)c1C. The number of rotatable bonds is 5. The molecule has 150 valence electrons. The number of aromatic nitrogens is 3. The van der Waals surface area contributed by atoms with Crippen LogP contribution in [-0.4, -0.2) is 26.2 Å². The number of thiophene rings is 1. The third kappa shape index (κ3) is 3.67. The van der Waals surface area contributed by atoms with Crippen LogP contribution < -0.4 is 5.32 Å². The van der Waals surface area contributed by atoms with Crippen LogP contribution >= 0.6 is 23.1 Å². The molecule has 0 fully saturated rings. The van der Waals surface area contributed by atoms with Crippen LogP contribution in [0.15, 0.2) is 47.1 Å². The third-order valence-electron chi connectivity index (χ3n) is 4.72. The van der Waals surface area contributed by atoms with Crippen LogP contribution in [0.25, 0.3) is 15.9 Å². The van der Waals surface area contributed by atoms with Gasteiger partial charge in [0.1, 0.15) is 29.1 Å². The van der Waals surface area contributed by atoms with Crippen molar-refractivity contribution in [3.8, 4) is 11.8 Å². The molecule has 0 atom stereocenters. The Labute approximate surface area is 180 Å². The molecule has 0 aliphatic carbocycles. The summed E-state index contributed by atoms with van der Waals surface area (Å²) < 4.78 is 16.1. The van der Waals surface area contributed by atoms with Crippen molar-refractivity contribution >= 4 is 45.0 Å². The Kier molecular flexibility index (Phi) is 5.53. The predicted octanol–water partition coefficient (Wildman–Crippen LogP) is 4.84. The summed E-state index contributed by atoms with van der Waals surface area (Å²) in [4.78, 5) is 21.2. The number of amides is 1. The summed E-state index contributed by atoms with van der Waals surface area (Å²) in [6.45, 7) is 3.69. The summed E-state index contributed by atoms with van der Waals surface area (Å²) in [7, 11) is 0. The highest BCUT2D eigenvalue weighted by molar-refractivity contribution is 8.00. The summed E-state index contributed by atoms with van der Waals surface area (Å²) in [5.74, 6) is -0.108. The number of halogens is 1. The second kappa shape index (κ2) is 8.26. The number of thioether (sulfide) groups is 1. The van der Waals surface area contributed by atoms with Gasteiger partial charge in [-0.15, -0.1) is 11.3 Å². The Morgan fingerprint density at radius 1 is 1.27 bits per heavy atom. The minimum Gasteiger partial charge on any atom is -0.310 e. The molecular formula is C21H16FN5OS2. The molecule has 9 heteroatoms.